The fraction of sp³-hybridized carbons (Fsp3) is 0.800. The van der Waals surface area contributed by atoms with Gasteiger partial charge in [-0.1, -0.05) is 5.16 Å². The fourth-order valence-electron chi connectivity index (χ4n) is 1.68. The van der Waals surface area contributed by atoms with E-state index in [0.717, 1.165) is 17.9 Å². The second kappa shape index (κ2) is 5.98. The average Bonchev–Trinajstić information content (AvgIpc) is 2.77. The van der Waals surface area contributed by atoms with Crippen molar-refractivity contribution in [1.82, 2.24) is 4.90 Å². The zero-order chi connectivity index (χ0) is 12.1. The van der Waals surface area contributed by atoms with E-state index in [0.29, 0.717) is 0 Å². The molecule has 0 bridgehead atoms. The first kappa shape index (κ1) is 13.2. The summed E-state index contributed by atoms with van der Waals surface area (Å²) in [5.41, 5.74) is 5.45. The SMILES string of the molecule is CC(C)N(CC(N)=NO)C(=O)C1CCSC1. The van der Waals surface area contributed by atoms with Crippen LogP contribution in [-0.2, 0) is 4.79 Å². The number of nitrogens with zero attached hydrogens (tertiary/aromatic N) is 2. The molecule has 1 atom stereocenters. The number of oxime groups is 1. The zero-order valence-electron chi connectivity index (χ0n) is 9.72. The van der Waals surface area contributed by atoms with Gasteiger partial charge in [-0.25, -0.2) is 0 Å². The summed E-state index contributed by atoms with van der Waals surface area (Å²) in [7, 11) is 0. The lowest BCUT2D eigenvalue weighted by Crippen LogP contribution is -2.45. The van der Waals surface area contributed by atoms with Crippen LogP contribution in [0.4, 0.5) is 0 Å². The third-order valence-electron chi connectivity index (χ3n) is 2.65. The monoisotopic (exact) mass is 245 g/mol. The largest absolute Gasteiger partial charge is 0.409 e. The normalized spacial score (nSPS) is 21.4. The van der Waals surface area contributed by atoms with Crippen molar-refractivity contribution in [2.24, 2.45) is 16.8 Å². The van der Waals surface area contributed by atoms with Gasteiger partial charge in [-0.2, -0.15) is 11.8 Å². The topological polar surface area (TPSA) is 78.9 Å². The molecule has 6 heteroatoms. The van der Waals surface area contributed by atoms with Gasteiger partial charge in [0, 0.05) is 17.7 Å². The van der Waals surface area contributed by atoms with Crippen molar-refractivity contribution >= 4 is 23.5 Å². The molecule has 3 N–H and O–H groups in total. The summed E-state index contributed by atoms with van der Waals surface area (Å²) in [6.45, 7) is 4.07. The number of carbonyl (C=O) groups is 1. The van der Waals surface area contributed by atoms with Gasteiger partial charge in [0.2, 0.25) is 5.91 Å². The summed E-state index contributed by atoms with van der Waals surface area (Å²) >= 11 is 1.81. The van der Waals surface area contributed by atoms with Crippen molar-refractivity contribution in [3.63, 3.8) is 0 Å². The van der Waals surface area contributed by atoms with Crippen LogP contribution < -0.4 is 5.73 Å². The summed E-state index contributed by atoms with van der Waals surface area (Å²) < 4.78 is 0. The van der Waals surface area contributed by atoms with Crippen LogP contribution in [-0.4, -0.2) is 45.9 Å². The maximum Gasteiger partial charge on any atom is 0.227 e. The highest BCUT2D eigenvalue weighted by molar-refractivity contribution is 7.99. The maximum atomic E-state index is 12.2. The minimum atomic E-state index is 0.0680. The van der Waals surface area contributed by atoms with Gasteiger partial charge in [0.1, 0.15) is 0 Å². The number of hydrogen-bond donors (Lipinski definition) is 2. The Labute approximate surface area is 100 Å². The lowest BCUT2D eigenvalue weighted by Gasteiger charge is -2.28. The Hall–Kier alpha value is -0.910. The van der Waals surface area contributed by atoms with E-state index in [4.69, 9.17) is 10.9 Å². The van der Waals surface area contributed by atoms with Gasteiger partial charge in [0.05, 0.1) is 6.54 Å². The summed E-state index contributed by atoms with van der Waals surface area (Å²) in [6, 6.07) is 0.0680. The quantitative estimate of drug-likeness (QED) is 0.331. The first-order valence-electron chi connectivity index (χ1n) is 5.41. The molecule has 5 nitrogen and oxygen atoms in total. The average molecular weight is 245 g/mol. The number of amidine groups is 1. The van der Waals surface area contributed by atoms with Crippen LogP contribution in [0.15, 0.2) is 5.16 Å². The highest BCUT2D eigenvalue weighted by Crippen LogP contribution is 2.25. The van der Waals surface area contributed by atoms with Gasteiger partial charge in [-0.15, -0.1) is 0 Å². The molecule has 16 heavy (non-hydrogen) atoms. The van der Waals surface area contributed by atoms with E-state index in [1.807, 2.05) is 13.8 Å². The number of hydrogen-bond acceptors (Lipinski definition) is 4. The first-order valence-corrected chi connectivity index (χ1v) is 6.56. The third-order valence-corrected chi connectivity index (χ3v) is 3.81. The summed E-state index contributed by atoms with van der Waals surface area (Å²) in [6.07, 6.45) is 0.933. The molecule has 92 valence electrons. The Balaban J connectivity index is 2.65. The Morgan fingerprint density at radius 3 is 2.81 bits per heavy atom. The number of amides is 1. The molecule has 0 radical (unpaired) electrons. The van der Waals surface area contributed by atoms with Gasteiger partial charge in [0.25, 0.3) is 0 Å². The van der Waals surface area contributed by atoms with Crippen LogP contribution in [0.25, 0.3) is 0 Å². The van der Waals surface area contributed by atoms with Crippen LogP contribution in [0.3, 0.4) is 0 Å². The van der Waals surface area contributed by atoms with E-state index in [9.17, 15) is 4.79 Å². The molecule has 0 aliphatic carbocycles. The molecular formula is C10H19N3O2S. The maximum absolute atomic E-state index is 12.2. The van der Waals surface area contributed by atoms with Crippen molar-refractivity contribution < 1.29 is 10.0 Å². The summed E-state index contributed by atoms with van der Waals surface area (Å²) in [5, 5.41) is 11.4. The summed E-state index contributed by atoms with van der Waals surface area (Å²) in [5.74, 6) is 2.22. The van der Waals surface area contributed by atoms with Crippen LogP contribution in [0.5, 0.6) is 0 Å². The Morgan fingerprint density at radius 2 is 2.38 bits per heavy atom. The number of nitrogens with two attached hydrogens (primary N) is 1. The van der Waals surface area contributed by atoms with Crippen molar-refractivity contribution in [2.45, 2.75) is 26.3 Å². The second-order valence-electron chi connectivity index (χ2n) is 4.21. The fourth-order valence-corrected chi connectivity index (χ4v) is 2.90. The van der Waals surface area contributed by atoms with E-state index >= 15 is 0 Å². The van der Waals surface area contributed by atoms with Crippen LogP contribution in [0.1, 0.15) is 20.3 Å². The van der Waals surface area contributed by atoms with Crippen molar-refractivity contribution in [3.05, 3.63) is 0 Å². The van der Waals surface area contributed by atoms with Gasteiger partial charge >= 0.3 is 0 Å². The van der Waals surface area contributed by atoms with Crippen LogP contribution >= 0.6 is 11.8 Å². The van der Waals surface area contributed by atoms with E-state index in [-0.39, 0.29) is 30.2 Å². The van der Waals surface area contributed by atoms with E-state index < -0.39 is 0 Å². The highest BCUT2D eigenvalue weighted by Gasteiger charge is 2.29. The number of thioether (sulfide) groups is 1. The molecular weight excluding hydrogens is 226 g/mol. The molecule has 1 unspecified atom stereocenters. The Bertz CT molecular complexity index is 275. The summed E-state index contributed by atoms with van der Waals surface area (Å²) in [4.78, 5) is 13.8. The zero-order valence-corrected chi connectivity index (χ0v) is 10.5. The molecule has 0 aromatic heterocycles. The highest BCUT2D eigenvalue weighted by atomic mass is 32.2. The van der Waals surface area contributed by atoms with Crippen molar-refractivity contribution in [1.29, 1.82) is 0 Å². The third kappa shape index (κ3) is 3.30. The van der Waals surface area contributed by atoms with E-state index in [1.54, 1.807) is 16.7 Å². The molecule has 1 aliphatic rings. The standard InChI is InChI=1S/C10H19N3O2S/c1-7(2)13(5-9(11)12-15)10(14)8-3-4-16-6-8/h7-8,15H,3-6H2,1-2H3,(H2,11,12). The molecule has 0 aromatic carbocycles. The molecule has 1 amide bonds. The van der Waals surface area contributed by atoms with Crippen molar-refractivity contribution in [3.8, 4) is 0 Å². The number of carbonyl (C=O) groups excluding carboxylic acids is 1. The molecule has 0 spiro atoms. The minimum absolute atomic E-state index is 0.0680. The smallest absolute Gasteiger partial charge is 0.227 e. The lowest BCUT2D eigenvalue weighted by molar-refractivity contribution is -0.135. The lowest BCUT2D eigenvalue weighted by atomic mass is 10.1. The molecule has 1 fully saturated rings. The van der Waals surface area contributed by atoms with Crippen LogP contribution in [0.2, 0.25) is 0 Å². The van der Waals surface area contributed by atoms with Gasteiger partial charge in [-0.3, -0.25) is 4.79 Å². The van der Waals surface area contributed by atoms with Gasteiger partial charge < -0.3 is 15.8 Å². The predicted molar refractivity (Wildman–Crippen MR) is 65.7 cm³/mol. The molecule has 1 rings (SSSR count). The van der Waals surface area contributed by atoms with Crippen LogP contribution in [0, 0.1) is 5.92 Å². The minimum Gasteiger partial charge on any atom is -0.409 e. The molecule has 0 saturated carbocycles. The van der Waals surface area contributed by atoms with E-state index in [2.05, 4.69) is 5.16 Å². The van der Waals surface area contributed by atoms with Gasteiger partial charge in [-0.05, 0) is 26.0 Å². The predicted octanol–water partition coefficient (Wildman–Crippen LogP) is 0.723. The molecule has 1 saturated heterocycles. The number of rotatable bonds is 4. The second-order valence-corrected chi connectivity index (χ2v) is 5.36. The molecule has 1 aliphatic heterocycles. The first-order chi connectivity index (χ1) is 7.56. The van der Waals surface area contributed by atoms with Crippen molar-refractivity contribution in [2.75, 3.05) is 18.1 Å². The van der Waals surface area contributed by atoms with E-state index in [1.165, 1.54) is 0 Å². The molecule has 0 aromatic rings. The Morgan fingerprint density at radius 1 is 1.69 bits per heavy atom. The molecule has 1 heterocycles. The van der Waals surface area contributed by atoms with Gasteiger partial charge in [0.15, 0.2) is 5.84 Å². The Kier molecular flexibility index (Phi) is 4.92.